The van der Waals surface area contributed by atoms with E-state index in [0.717, 1.165) is 16.7 Å². The van der Waals surface area contributed by atoms with Gasteiger partial charge in [0, 0.05) is 30.8 Å². The number of methoxy groups -OCH3 is 3. The van der Waals surface area contributed by atoms with Crippen LogP contribution in [0.15, 0.2) is 114 Å². The van der Waals surface area contributed by atoms with Gasteiger partial charge >= 0.3 is 5.69 Å². The monoisotopic (exact) mass is 813 g/mol. The van der Waals surface area contributed by atoms with Gasteiger partial charge in [0.2, 0.25) is 11.6 Å². The first kappa shape index (κ1) is 42.0. The van der Waals surface area contributed by atoms with Crippen molar-refractivity contribution in [3.8, 4) is 17.2 Å². The van der Waals surface area contributed by atoms with Crippen LogP contribution in [0.2, 0.25) is 0 Å². The SMILES string of the molecule is COc1ccc(C(O[C@H]2C[C@H](n3ccc(NC(=O)C(C)C)nc3=O)O[C@@H]2CCP(=O)([O-])OCc2cc(OC)cc[n+]2[O-])(c2ccccc2)c2ccc(OC)cc2)cc1. The van der Waals surface area contributed by atoms with Crippen LogP contribution in [-0.2, 0) is 35.6 Å². The number of amides is 1. The van der Waals surface area contributed by atoms with Crippen molar-refractivity contribution in [1.29, 1.82) is 0 Å². The van der Waals surface area contributed by atoms with Crippen LogP contribution in [0.5, 0.6) is 17.2 Å². The topological polar surface area (TPSA) is 186 Å². The minimum atomic E-state index is -4.58. The molecule has 1 amide bonds. The molecule has 6 rings (SSSR count). The molecule has 1 aliphatic rings. The van der Waals surface area contributed by atoms with E-state index >= 15 is 0 Å². The Morgan fingerprint density at radius 1 is 0.931 bits per heavy atom. The molecule has 15 nitrogen and oxygen atoms in total. The molecule has 3 aromatic carbocycles. The summed E-state index contributed by atoms with van der Waals surface area (Å²) in [5, 5.41) is 15.0. The quantitative estimate of drug-likeness (QED) is 0.0552. The zero-order valence-corrected chi connectivity index (χ0v) is 33.7. The summed E-state index contributed by atoms with van der Waals surface area (Å²) in [6, 6.07) is 28.8. The zero-order chi connectivity index (χ0) is 41.5. The van der Waals surface area contributed by atoms with Crippen LogP contribution in [0.1, 0.15) is 55.3 Å². The molecule has 0 bridgehead atoms. The smallest absolute Gasteiger partial charge is 0.351 e. The number of anilines is 1. The molecule has 3 heterocycles. The second-order valence-corrected chi connectivity index (χ2v) is 15.9. The van der Waals surface area contributed by atoms with Gasteiger partial charge < -0.3 is 48.2 Å². The van der Waals surface area contributed by atoms with Gasteiger partial charge in [0.25, 0.3) is 0 Å². The van der Waals surface area contributed by atoms with E-state index < -0.39 is 50.1 Å². The van der Waals surface area contributed by atoms with Crippen LogP contribution in [0.3, 0.4) is 0 Å². The van der Waals surface area contributed by atoms with E-state index in [1.165, 1.54) is 42.3 Å². The highest BCUT2D eigenvalue weighted by Gasteiger charge is 2.46. The van der Waals surface area contributed by atoms with Crippen LogP contribution in [0.25, 0.3) is 0 Å². The summed E-state index contributed by atoms with van der Waals surface area (Å²) in [6.07, 6.45) is -0.466. The normalized spacial score (nSPS) is 17.7. The Hall–Kier alpha value is -5.57. The maximum Gasteiger partial charge on any atom is 0.351 e. The number of ether oxygens (including phenoxy) is 5. The molecular weight excluding hydrogens is 767 g/mol. The third-order valence-corrected chi connectivity index (χ3v) is 11.2. The summed E-state index contributed by atoms with van der Waals surface area (Å²) in [4.78, 5) is 43.3. The lowest BCUT2D eigenvalue weighted by molar-refractivity contribution is -0.616. The Kier molecular flexibility index (Phi) is 13.3. The summed E-state index contributed by atoms with van der Waals surface area (Å²) in [5.74, 6) is 1.08. The Morgan fingerprint density at radius 2 is 1.53 bits per heavy atom. The standard InChI is InChI=1S/C42H47N4O11P/c1-28(2)40(47)43-38-20-22-45(41(48)44-38)39-26-37(36(56-39)21-24-58(50,51)55-27-32-25-35(54-5)19-23-46(32)49)57-42(29-9-7-6-8-10-29,30-11-15-33(52-3)16-12-30)31-13-17-34(53-4)18-14-31/h6-20,22-23,25,28,36-37,39H,21,24,26-27H2,1-5H3,(H,50,51)(H,43,44,47,48)/p-1/t36-,37+,39-/m1/s1. The first-order valence-electron chi connectivity index (χ1n) is 18.6. The van der Waals surface area contributed by atoms with Crippen molar-refractivity contribution < 1.29 is 47.2 Å². The third kappa shape index (κ3) is 9.58. The highest BCUT2D eigenvalue weighted by molar-refractivity contribution is 7.51. The number of carbonyl (C=O) groups is 1. The third-order valence-electron chi connectivity index (χ3n) is 9.90. The molecule has 5 aromatic rings. The lowest BCUT2D eigenvalue weighted by atomic mass is 9.79. The van der Waals surface area contributed by atoms with Gasteiger partial charge in [-0.2, -0.15) is 9.71 Å². The van der Waals surface area contributed by atoms with Gasteiger partial charge in [0.05, 0.1) is 39.6 Å². The number of rotatable bonds is 17. The number of hydrogen-bond donors (Lipinski definition) is 1. The number of nitrogens with zero attached hydrogens (tertiary/aromatic N) is 3. The van der Waals surface area contributed by atoms with Crippen molar-refractivity contribution in [3.05, 3.63) is 148 Å². The predicted octanol–water partition coefficient (Wildman–Crippen LogP) is 5.32. The Labute approximate surface area is 336 Å². The minimum absolute atomic E-state index is 0.0420. The van der Waals surface area contributed by atoms with Crippen molar-refractivity contribution in [1.82, 2.24) is 9.55 Å². The first-order valence-corrected chi connectivity index (χ1v) is 20.4. The van der Waals surface area contributed by atoms with E-state index in [9.17, 15) is 24.3 Å². The molecule has 4 atom stereocenters. The highest BCUT2D eigenvalue weighted by atomic mass is 31.2. The zero-order valence-electron chi connectivity index (χ0n) is 32.8. The van der Waals surface area contributed by atoms with Crippen LogP contribution in [0, 0.1) is 11.1 Å². The number of hydrogen-bond acceptors (Lipinski definition) is 12. The highest BCUT2D eigenvalue weighted by Crippen LogP contribution is 2.47. The van der Waals surface area contributed by atoms with Crippen LogP contribution in [-0.4, -0.2) is 55.2 Å². The van der Waals surface area contributed by atoms with Crippen LogP contribution < -0.4 is 34.8 Å². The molecule has 0 radical (unpaired) electrons. The van der Waals surface area contributed by atoms with Gasteiger partial charge in [0.15, 0.2) is 6.20 Å². The van der Waals surface area contributed by atoms with Gasteiger partial charge in [-0.15, -0.1) is 0 Å². The summed E-state index contributed by atoms with van der Waals surface area (Å²) in [7, 11) is 0.00656. The molecule has 1 unspecified atom stereocenters. The Morgan fingerprint density at radius 3 is 2.10 bits per heavy atom. The molecule has 1 saturated heterocycles. The van der Waals surface area contributed by atoms with Gasteiger partial charge in [0.1, 0.15) is 49.1 Å². The van der Waals surface area contributed by atoms with Crippen LogP contribution >= 0.6 is 7.60 Å². The average Bonchev–Trinajstić information content (AvgIpc) is 3.64. The van der Waals surface area contributed by atoms with Crippen molar-refractivity contribution in [2.24, 2.45) is 5.92 Å². The average molecular weight is 814 g/mol. The fraction of sp³-hybridized carbons (Fsp3) is 0.333. The molecule has 0 saturated carbocycles. The molecule has 1 aliphatic heterocycles. The number of carbonyl (C=O) groups excluding carboxylic acids is 1. The second kappa shape index (κ2) is 18.3. The minimum Gasteiger partial charge on any atom is -0.778 e. The lowest BCUT2D eigenvalue weighted by Gasteiger charge is -2.39. The number of benzene rings is 3. The molecule has 306 valence electrons. The van der Waals surface area contributed by atoms with E-state index in [4.69, 9.17) is 28.2 Å². The Bertz CT molecular complexity index is 2220. The summed E-state index contributed by atoms with van der Waals surface area (Å²) in [6.45, 7) is 2.94. The molecule has 1 N–H and O–H groups in total. The first-order chi connectivity index (χ1) is 27.8. The summed E-state index contributed by atoms with van der Waals surface area (Å²) >= 11 is 0. The molecule has 2 aromatic heterocycles. The van der Waals surface area contributed by atoms with Crippen molar-refractivity contribution in [2.75, 3.05) is 32.8 Å². The van der Waals surface area contributed by atoms with Gasteiger partial charge in [-0.3, -0.25) is 9.36 Å². The molecule has 16 heteroatoms. The number of aromatic nitrogens is 3. The van der Waals surface area contributed by atoms with E-state index in [1.807, 2.05) is 78.9 Å². The summed E-state index contributed by atoms with van der Waals surface area (Å²) in [5.41, 5.74) is 0.281. The maximum atomic E-state index is 13.5. The molecular formula is C42H46N4O11P-. The van der Waals surface area contributed by atoms with Gasteiger partial charge in [-0.25, -0.2) is 4.79 Å². The maximum absolute atomic E-state index is 13.5. The van der Waals surface area contributed by atoms with Crippen molar-refractivity contribution in [3.63, 3.8) is 0 Å². The van der Waals surface area contributed by atoms with E-state index in [0.29, 0.717) is 22.0 Å². The van der Waals surface area contributed by atoms with Crippen molar-refractivity contribution in [2.45, 2.75) is 57.3 Å². The fourth-order valence-electron chi connectivity index (χ4n) is 6.74. The summed E-state index contributed by atoms with van der Waals surface area (Å²) < 4.78 is 50.6. The van der Waals surface area contributed by atoms with Crippen molar-refractivity contribution >= 4 is 19.3 Å². The number of nitrogens with one attached hydrogen (secondary N) is 1. The van der Waals surface area contributed by atoms with E-state index in [2.05, 4.69) is 10.3 Å². The predicted molar refractivity (Wildman–Crippen MR) is 212 cm³/mol. The largest absolute Gasteiger partial charge is 0.778 e. The van der Waals surface area contributed by atoms with E-state index in [1.54, 1.807) is 28.1 Å². The van der Waals surface area contributed by atoms with Gasteiger partial charge in [-0.1, -0.05) is 68.4 Å². The molecule has 0 spiro atoms. The molecule has 1 fully saturated rings. The van der Waals surface area contributed by atoms with E-state index in [-0.39, 0.29) is 36.2 Å². The second-order valence-electron chi connectivity index (χ2n) is 14.0. The number of pyridine rings is 1. The molecule has 58 heavy (non-hydrogen) atoms. The fourth-order valence-corrected chi connectivity index (χ4v) is 7.77. The lowest BCUT2D eigenvalue weighted by Crippen LogP contribution is -2.40. The van der Waals surface area contributed by atoms with Crippen LogP contribution in [0.4, 0.5) is 5.82 Å². The Balaban J connectivity index is 1.38. The molecule has 0 aliphatic carbocycles. The van der Waals surface area contributed by atoms with Gasteiger partial charge in [-0.05, 0) is 53.4 Å².